The fraction of sp³-hybridized carbons (Fsp3) is 0.480. The number of fused-ring (bicyclic) bond motifs is 1. The molecule has 10 heteroatoms. The maximum atomic E-state index is 13.2. The van der Waals surface area contributed by atoms with Crippen molar-refractivity contribution >= 4 is 44.3 Å². The summed E-state index contributed by atoms with van der Waals surface area (Å²) in [6.07, 6.45) is 3.40. The van der Waals surface area contributed by atoms with E-state index >= 15 is 0 Å². The molecule has 0 radical (unpaired) electrons. The monoisotopic (exact) mass is 517 g/mol. The van der Waals surface area contributed by atoms with Gasteiger partial charge in [0.2, 0.25) is 16.0 Å². The number of piperidine rings is 1. The Morgan fingerprint density at radius 3 is 2.40 bits per heavy atom. The number of sulfonamides is 1. The van der Waals surface area contributed by atoms with Gasteiger partial charge in [0, 0.05) is 36.4 Å². The Balaban J connectivity index is 1.59. The minimum absolute atomic E-state index is 0.122. The molecule has 0 aliphatic carbocycles. The number of nitrogens with zero attached hydrogens (tertiary/aromatic N) is 4. The van der Waals surface area contributed by atoms with Crippen molar-refractivity contribution in [3.63, 3.8) is 0 Å². The van der Waals surface area contributed by atoms with Crippen molar-refractivity contribution in [3.8, 4) is 0 Å². The molecule has 3 aromatic rings. The molecular weight excluding hydrogens is 486 g/mol. The molecule has 188 valence electrons. The van der Waals surface area contributed by atoms with E-state index in [0.29, 0.717) is 47.6 Å². The zero-order valence-electron chi connectivity index (χ0n) is 20.7. The molecule has 0 unspecified atom stereocenters. The number of halogens is 1. The highest BCUT2D eigenvalue weighted by molar-refractivity contribution is 7.89. The number of aryl methyl sites for hydroxylation is 1. The summed E-state index contributed by atoms with van der Waals surface area (Å²) < 4.78 is 29.6. The molecule has 3 heterocycles. The number of nitrogens with one attached hydrogen (secondary N) is 1. The van der Waals surface area contributed by atoms with Crippen molar-refractivity contribution in [1.82, 2.24) is 18.8 Å². The van der Waals surface area contributed by atoms with Gasteiger partial charge in [-0.2, -0.15) is 9.29 Å². The Morgan fingerprint density at radius 1 is 1.11 bits per heavy atom. The second kappa shape index (κ2) is 9.87. The molecule has 1 aliphatic heterocycles. The largest absolute Gasteiger partial charge is 0.324 e. The maximum Gasteiger partial charge on any atom is 0.271 e. The Bertz CT molecular complexity index is 1410. The lowest BCUT2D eigenvalue weighted by atomic mass is 9.87. The van der Waals surface area contributed by atoms with E-state index < -0.39 is 10.0 Å². The van der Waals surface area contributed by atoms with Crippen LogP contribution in [0.5, 0.6) is 0 Å². The first kappa shape index (κ1) is 25.6. The van der Waals surface area contributed by atoms with Gasteiger partial charge in [-0.1, -0.05) is 25.4 Å². The first-order valence-electron chi connectivity index (χ1n) is 11.9. The van der Waals surface area contributed by atoms with Crippen molar-refractivity contribution in [2.24, 2.45) is 11.8 Å². The predicted octanol–water partition coefficient (Wildman–Crippen LogP) is 5.13. The van der Waals surface area contributed by atoms with E-state index in [0.717, 1.165) is 18.4 Å². The summed E-state index contributed by atoms with van der Waals surface area (Å²) >= 11 is 6.10. The third-order valence-corrected chi connectivity index (χ3v) is 8.93. The van der Waals surface area contributed by atoms with Gasteiger partial charge in [-0.25, -0.2) is 13.4 Å². The molecule has 8 nitrogen and oxygen atoms in total. The normalized spacial score (nSPS) is 15.9. The molecule has 1 aromatic carbocycles. The maximum absolute atomic E-state index is 13.2. The standard InChI is InChI=1S/C25H32ClN5O3S/c1-15(2)18-8-10-30(11-9-18)35(33,34)20-6-7-22(17(5)12-20)28-25-27-14-19-13-21(26)24(32)31(16(3)4)23(19)29-25/h6-7,12-16,18H,8-11H2,1-5H3,(H,27,28,29). The van der Waals surface area contributed by atoms with Crippen molar-refractivity contribution in [1.29, 1.82) is 0 Å². The number of hydrogen-bond acceptors (Lipinski definition) is 6. The quantitative estimate of drug-likeness (QED) is 0.486. The molecule has 0 atom stereocenters. The van der Waals surface area contributed by atoms with Gasteiger partial charge in [-0.05, 0) is 75.3 Å². The highest BCUT2D eigenvalue weighted by atomic mass is 35.5. The van der Waals surface area contributed by atoms with E-state index in [9.17, 15) is 13.2 Å². The number of anilines is 2. The molecule has 35 heavy (non-hydrogen) atoms. The summed E-state index contributed by atoms with van der Waals surface area (Å²) in [5.74, 6) is 1.44. The molecule has 1 fully saturated rings. The van der Waals surface area contributed by atoms with Crippen molar-refractivity contribution in [3.05, 3.63) is 51.4 Å². The number of aromatic nitrogens is 3. The molecule has 4 rings (SSSR count). The minimum Gasteiger partial charge on any atom is -0.324 e. The van der Waals surface area contributed by atoms with Crippen LogP contribution in [0.4, 0.5) is 11.6 Å². The molecule has 2 aromatic heterocycles. The smallest absolute Gasteiger partial charge is 0.271 e. The summed E-state index contributed by atoms with van der Waals surface area (Å²) in [6, 6.07) is 6.45. The van der Waals surface area contributed by atoms with Crippen LogP contribution in [0, 0.1) is 18.8 Å². The molecule has 0 saturated carbocycles. The summed E-state index contributed by atoms with van der Waals surface area (Å²) in [4.78, 5) is 21.7. The summed E-state index contributed by atoms with van der Waals surface area (Å²) in [5, 5.41) is 3.94. The van der Waals surface area contributed by atoms with Crippen LogP contribution in [-0.4, -0.2) is 40.3 Å². The van der Waals surface area contributed by atoms with E-state index in [1.54, 1.807) is 34.8 Å². The van der Waals surface area contributed by atoms with Crippen LogP contribution in [0.3, 0.4) is 0 Å². The van der Waals surface area contributed by atoms with Crippen LogP contribution in [0.25, 0.3) is 11.0 Å². The molecule has 0 amide bonds. The average molecular weight is 518 g/mol. The summed E-state index contributed by atoms with van der Waals surface area (Å²) in [5.41, 5.74) is 1.62. The van der Waals surface area contributed by atoms with E-state index in [1.165, 1.54) is 4.57 Å². The average Bonchev–Trinajstić information content (AvgIpc) is 2.81. The second-order valence-corrected chi connectivity index (χ2v) is 12.2. The summed E-state index contributed by atoms with van der Waals surface area (Å²) in [7, 11) is -3.55. The lowest BCUT2D eigenvalue weighted by Crippen LogP contribution is -2.39. The van der Waals surface area contributed by atoms with E-state index in [-0.39, 0.29) is 21.5 Å². The van der Waals surface area contributed by atoms with Crippen LogP contribution >= 0.6 is 11.6 Å². The van der Waals surface area contributed by atoms with E-state index in [2.05, 4.69) is 29.1 Å². The van der Waals surface area contributed by atoms with Gasteiger partial charge in [0.05, 0.1) is 4.90 Å². The molecular formula is C25H32ClN5O3S. The van der Waals surface area contributed by atoms with Crippen LogP contribution < -0.4 is 10.9 Å². The molecule has 0 bridgehead atoms. The number of hydrogen-bond donors (Lipinski definition) is 1. The predicted molar refractivity (Wildman–Crippen MR) is 140 cm³/mol. The number of rotatable bonds is 6. The fourth-order valence-electron chi connectivity index (χ4n) is 4.61. The highest BCUT2D eigenvalue weighted by Crippen LogP contribution is 2.30. The van der Waals surface area contributed by atoms with Crippen molar-refractivity contribution in [2.45, 2.75) is 58.4 Å². The van der Waals surface area contributed by atoms with Gasteiger partial charge in [0.25, 0.3) is 5.56 Å². The van der Waals surface area contributed by atoms with Gasteiger partial charge >= 0.3 is 0 Å². The summed E-state index contributed by atoms with van der Waals surface area (Å²) in [6.45, 7) is 11.1. The third kappa shape index (κ3) is 5.08. The Hall–Kier alpha value is -2.49. The lowest BCUT2D eigenvalue weighted by molar-refractivity contribution is 0.226. The highest BCUT2D eigenvalue weighted by Gasteiger charge is 2.30. The van der Waals surface area contributed by atoms with Crippen LogP contribution in [0.2, 0.25) is 5.02 Å². The van der Waals surface area contributed by atoms with E-state index in [1.807, 2.05) is 20.8 Å². The van der Waals surface area contributed by atoms with Crippen LogP contribution in [0.15, 0.2) is 40.2 Å². The fourth-order valence-corrected chi connectivity index (χ4v) is 6.38. The van der Waals surface area contributed by atoms with Crippen LogP contribution in [-0.2, 0) is 10.0 Å². The second-order valence-electron chi connectivity index (χ2n) is 9.82. The Kier molecular flexibility index (Phi) is 7.22. The molecule has 0 spiro atoms. The molecule has 1 aliphatic rings. The Morgan fingerprint density at radius 2 is 1.80 bits per heavy atom. The SMILES string of the molecule is Cc1cc(S(=O)(=O)N2CCC(C(C)C)CC2)ccc1Nc1ncc2cc(Cl)c(=O)n(C(C)C)c2n1. The first-order valence-corrected chi connectivity index (χ1v) is 13.8. The van der Waals surface area contributed by atoms with Gasteiger partial charge in [0.15, 0.2) is 0 Å². The first-order chi connectivity index (χ1) is 16.5. The third-order valence-electron chi connectivity index (χ3n) is 6.77. The van der Waals surface area contributed by atoms with Gasteiger partial charge in [-0.3, -0.25) is 9.36 Å². The van der Waals surface area contributed by atoms with Crippen molar-refractivity contribution in [2.75, 3.05) is 18.4 Å². The van der Waals surface area contributed by atoms with Gasteiger partial charge in [-0.15, -0.1) is 0 Å². The number of benzene rings is 1. The molecule has 1 N–H and O–H groups in total. The van der Waals surface area contributed by atoms with Gasteiger partial charge in [0.1, 0.15) is 10.7 Å². The minimum atomic E-state index is -3.55. The lowest BCUT2D eigenvalue weighted by Gasteiger charge is -2.33. The van der Waals surface area contributed by atoms with E-state index in [4.69, 9.17) is 11.6 Å². The zero-order chi connectivity index (χ0) is 25.5. The molecule has 1 saturated heterocycles. The number of pyridine rings is 1. The van der Waals surface area contributed by atoms with Crippen LogP contribution in [0.1, 0.15) is 52.1 Å². The zero-order valence-corrected chi connectivity index (χ0v) is 22.3. The van der Waals surface area contributed by atoms with Crippen molar-refractivity contribution < 1.29 is 8.42 Å². The Labute approximate surface area is 211 Å². The topological polar surface area (TPSA) is 97.2 Å². The van der Waals surface area contributed by atoms with Gasteiger partial charge < -0.3 is 5.32 Å².